The first kappa shape index (κ1) is 7.55. The highest BCUT2D eigenvalue weighted by molar-refractivity contribution is 5.35. The average molecular weight is 164 g/mol. The topological polar surface area (TPSA) is 48.1 Å². The highest BCUT2D eigenvalue weighted by Crippen LogP contribution is 2.30. The molecule has 1 aromatic heterocycles. The Bertz CT molecular complexity index is 299. The first-order valence-corrected chi connectivity index (χ1v) is 4.09. The largest absolute Gasteiger partial charge is 0.481 e. The molecule has 0 saturated carbocycles. The van der Waals surface area contributed by atoms with Crippen molar-refractivity contribution in [3.8, 4) is 5.88 Å². The third kappa shape index (κ3) is 1.06. The van der Waals surface area contributed by atoms with Crippen LogP contribution in [0.25, 0.3) is 0 Å². The number of rotatable bonds is 1. The zero-order valence-corrected chi connectivity index (χ0v) is 7.08. The molecule has 1 aliphatic rings. The summed E-state index contributed by atoms with van der Waals surface area (Å²) in [5, 5.41) is 0. The van der Waals surface area contributed by atoms with Crippen molar-refractivity contribution in [1.29, 1.82) is 0 Å². The van der Waals surface area contributed by atoms with E-state index in [-0.39, 0.29) is 6.04 Å². The molecule has 2 N–H and O–H groups in total. The van der Waals surface area contributed by atoms with Gasteiger partial charge in [-0.1, -0.05) is 0 Å². The molecule has 3 heteroatoms. The van der Waals surface area contributed by atoms with Crippen LogP contribution >= 0.6 is 0 Å². The Hall–Kier alpha value is -1.09. The maximum atomic E-state index is 5.86. The van der Waals surface area contributed by atoms with Crippen LogP contribution in [0, 0.1) is 0 Å². The van der Waals surface area contributed by atoms with Crippen molar-refractivity contribution in [2.75, 3.05) is 7.11 Å². The number of aromatic nitrogens is 1. The minimum absolute atomic E-state index is 0.179. The summed E-state index contributed by atoms with van der Waals surface area (Å²) in [6, 6.07) is 2.15. The van der Waals surface area contributed by atoms with Crippen molar-refractivity contribution in [2.24, 2.45) is 5.73 Å². The fourth-order valence-corrected chi connectivity index (χ4v) is 1.61. The van der Waals surface area contributed by atoms with Gasteiger partial charge in [0, 0.05) is 18.3 Å². The summed E-state index contributed by atoms with van der Waals surface area (Å²) in [4.78, 5) is 4.12. The van der Waals surface area contributed by atoms with Crippen LogP contribution in [0.1, 0.15) is 23.6 Å². The number of ether oxygens (including phenoxy) is 1. The predicted octanol–water partition coefficient (Wildman–Crippen LogP) is 1.04. The van der Waals surface area contributed by atoms with E-state index in [1.807, 2.05) is 12.3 Å². The molecular formula is C9H12N2O. The molecule has 0 aromatic carbocycles. The lowest BCUT2D eigenvalue weighted by molar-refractivity contribution is 0.397. The molecule has 1 unspecified atom stereocenters. The summed E-state index contributed by atoms with van der Waals surface area (Å²) < 4.78 is 5.02. The van der Waals surface area contributed by atoms with Gasteiger partial charge in [-0.25, -0.2) is 4.98 Å². The summed E-state index contributed by atoms with van der Waals surface area (Å²) >= 11 is 0. The van der Waals surface area contributed by atoms with Crippen LogP contribution in [-0.4, -0.2) is 12.1 Å². The van der Waals surface area contributed by atoms with Crippen LogP contribution in [0.4, 0.5) is 0 Å². The lowest BCUT2D eigenvalue weighted by atomic mass is 10.1. The SMILES string of the molecule is COc1cc2c(cn1)C(N)CC2. The summed E-state index contributed by atoms with van der Waals surface area (Å²) in [5.41, 5.74) is 8.32. The monoisotopic (exact) mass is 164 g/mol. The fourth-order valence-electron chi connectivity index (χ4n) is 1.61. The normalized spacial score (nSPS) is 20.7. The average Bonchev–Trinajstić information content (AvgIpc) is 2.47. The Kier molecular flexibility index (Phi) is 1.73. The number of hydrogen-bond acceptors (Lipinski definition) is 3. The predicted molar refractivity (Wildman–Crippen MR) is 46.0 cm³/mol. The molecule has 1 aromatic rings. The Labute approximate surface area is 71.6 Å². The molecule has 0 radical (unpaired) electrons. The van der Waals surface area contributed by atoms with E-state index >= 15 is 0 Å². The van der Waals surface area contributed by atoms with Gasteiger partial charge in [0.1, 0.15) is 0 Å². The Morgan fingerprint density at radius 2 is 2.50 bits per heavy atom. The zero-order chi connectivity index (χ0) is 8.55. The number of methoxy groups -OCH3 is 1. The highest BCUT2D eigenvalue weighted by Gasteiger charge is 2.19. The van der Waals surface area contributed by atoms with Crippen molar-refractivity contribution >= 4 is 0 Å². The van der Waals surface area contributed by atoms with E-state index < -0.39 is 0 Å². The smallest absolute Gasteiger partial charge is 0.213 e. The molecule has 64 valence electrons. The minimum atomic E-state index is 0.179. The number of pyridine rings is 1. The van der Waals surface area contributed by atoms with Crippen LogP contribution in [0.5, 0.6) is 5.88 Å². The van der Waals surface area contributed by atoms with Crippen molar-refractivity contribution in [3.05, 3.63) is 23.4 Å². The molecule has 0 aliphatic heterocycles. The van der Waals surface area contributed by atoms with E-state index in [1.165, 1.54) is 11.1 Å². The molecule has 0 saturated heterocycles. The molecule has 12 heavy (non-hydrogen) atoms. The van der Waals surface area contributed by atoms with Crippen molar-refractivity contribution < 1.29 is 4.74 Å². The lowest BCUT2D eigenvalue weighted by Gasteiger charge is -2.04. The molecule has 0 fully saturated rings. The number of fused-ring (bicyclic) bond motifs is 1. The van der Waals surface area contributed by atoms with Crippen molar-refractivity contribution in [1.82, 2.24) is 4.98 Å². The van der Waals surface area contributed by atoms with Crippen LogP contribution < -0.4 is 10.5 Å². The van der Waals surface area contributed by atoms with E-state index in [4.69, 9.17) is 10.5 Å². The second-order valence-corrected chi connectivity index (χ2v) is 3.07. The summed E-state index contributed by atoms with van der Waals surface area (Å²) in [5.74, 6) is 0.683. The van der Waals surface area contributed by atoms with Gasteiger partial charge in [-0.2, -0.15) is 0 Å². The molecular weight excluding hydrogens is 152 g/mol. The van der Waals surface area contributed by atoms with Crippen LogP contribution in [0.15, 0.2) is 12.3 Å². The first-order valence-electron chi connectivity index (χ1n) is 4.09. The fraction of sp³-hybridized carbons (Fsp3) is 0.444. The van der Waals surface area contributed by atoms with Gasteiger partial charge < -0.3 is 10.5 Å². The van der Waals surface area contributed by atoms with Gasteiger partial charge >= 0.3 is 0 Å². The first-order chi connectivity index (χ1) is 5.81. The third-order valence-corrected chi connectivity index (χ3v) is 2.33. The van der Waals surface area contributed by atoms with Gasteiger partial charge in [0.05, 0.1) is 7.11 Å². The Morgan fingerprint density at radius 3 is 3.25 bits per heavy atom. The number of hydrogen-bond donors (Lipinski definition) is 1. The van der Waals surface area contributed by atoms with Crippen LogP contribution in [0.3, 0.4) is 0 Å². The summed E-state index contributed by atoms with van der Waals surface area (Å²) in [6.45, 7) is 0. The highest BCUT2D eigenvalue weighted by atomic mass is 16.5. The maximum Gasteiger partial charge on any atom is 0.213 e. The maximum absolute atomic E-state index is 5.86. The number of aryl methyl sites for hydroxylation is 1. The van der Waals surface area contributed by atoms with Crippen LogP contribution in [0.2, 0.25) is 0 Å². The third-order valence-electron chi connectivity index (χ3n) is 2.33. The quantitative estimate of drug-likeness (QED) is 0.674. The van der Waals surface area contributed by atoms with E-state index in [9.17, 15) is 0 Å². The van der Waals surface area contributed by atoms with Gasteiger partial charge in [0.15, 0.2) is 0 Å². The van der Waals surface area contributed by atoms with E-state index in [0.29, 0.717) is 5.88 Å². The number of nitrogens with two attached hydrogens (primary N) is 1. The standard InChI is InChI=1S/C9H12N2O/c1-12-9-4-6-2-3-8(10)7(6)5-11-9/h4-5,8H,2-3,10H2,1H3. The molecule has 3 nitrogen and oxygen atoms in total. The summed E-state index contributed by atoms with van der Waals surface area (Å²) in [6.07, 6.45) is 3.91. The van der Waals surface area contributed by atoms with Crippen molar-refractivity contribution in [3.63, 3.8) is 0 Å². The molecule has 0 amide bonds. The summed E-state index contributed by atoms with van der Waals surface area (Å²) in [7, 11) is 1.63. The molecule has 1 heterocycles. The van der Waals surface area contributed by atoms with Gasteiger partial charge in [-0.05, 0) is 24.0 Å². The van der Waals surface area contributed by atoms with Crippen molar-refractivity contribution in [2.45, 2.75) is 18.9 Å². The second-order valence-electron chi connectivity index (χ2n) is 3.07. The molecule has 2 rings (SSSR count). The minimum Gasteiger partial charge on any atom is -0.481 e. The molecule has 1 aliphatic carbocycles. The van der Waals surface area contributed by atoms with Crippen LogP contribution in [-0.2, 0) is 6.42 Å². The molecule has 0 spiro atoms. The molecule has 1 atom stereocenters. The van der Waals surface area contributed by atoms with Gasteiger partial charge in [-0.15, -0.1) is 0 Å². The van der Waals surface area contributed by atoms with Gasteiger partial charge in [-0.3, -0.25) is 0 Å². The van der Waals surface area contributed by atoms with Gasteiger partial charge in [0.2, 0.25) is 5.88 Å². The zero-order valence-electron chi connectivity index (χ0n) is 7.08. The van der Waals surface area contributed by atoms with Gasteiger partial charge in [0.25, 0.3) is 0 Å². The van der Waals surface area contributed by atoms with E-state index in [0.717, 1.165) is 12.8 Å². The Balaban J connectivity index is 2.41. The Morgan fingerprint density at radius 1 is 1.67 bits per heavy atom. The lowest BCUT2D eigenvalue weighted by Crippen LogP contribution is -2.05. The second kappa shape index (κ2) is 2.75. The van der Waals surface area contributed by atoms with E-state index in [2.05, 4.69) is 4.98 Å². The molecule has 0 bridgehead atoms. The van der Waals surface area contributed by atoms with E-state index in [1.54, 1.807) is 7.11 Å². The number of nitrogens with zero attached hydrogens (tertiary/aromatic N) is 1.